The third kappa shape index (κ3) is 2.65. The molecule has 1 heterocycles. The smallest absolute Gasteiger partial charge is 0.153 e. The highest BCUT2D eigenvalue weighted by Gasteiger charge is 2.14. The van der Waals surface area contributed by atoms with Crippen LogP contribution in [-0.4, -0.2) is 15.2 Å². The van der Waals surface area contributed by atoms with Crippen molar-refractivity contribution < 1.29 is 0 Å². The van der Waals surface area contributed by atoms with Crippen molar-refractivity contribution in [2.24, 2.45) is 5.73 Å². The topological polar surface area (TPSA) is 67.6 Å². The highest BCUT2D eigenvalue weighted by atomic mass is 35.5. The van der Waals surface area contributed by atoms with Crippen LogP contribution in [0, 0.1) is 0 Å². The zero-order chi connectivity index (χ0) is 12.4. The zero-order valence-electron chi connectivity index (χ0n) is 9.81. The van der Waals surface area contributed by atoms with E-state index in [1.54, 1.807) is 0 Å². The number of nitrogens with zero attached hydrogens (tertiary/aromatic N) is 2. The van der Waals surface area contributed by atoms with E-state index in [2.05, 4.69) is 15.2 Å². The van der Waals surface area contributed by atoms with Gasteiger partial charge in [0.2, 0.25) is 0 Å². The lowest BCUT2D eigenvalue weighted by Crippen LogP contribution is -2.13. The Morgan fingerprint density at radius 1 is 1.24 bits per heavy atom. The first-order valence-corrected chi connectivity index (χ1v) is 5.89. The van der Waals surface area contributed by atoms with Crippen molar-refractivity contribution in [1.82, 2.24) is 15.2 Å². The van der Waals surface area contributed by atoms with Gasteiger partial charge in [-0.1, -0.05) is 37.6 Å². The molecule has 0 spiro atoms. The molecule has 0 radical (unpaired) electrons. The van der Waals surface area contributed by atoms with Gasteiger partial charge in [0.05, 0.1) is 6.04 Å². The Morgan fingerprint density at radius 2 is 1.88 bits per heavy atom. The first kappa shape index (κ1) is 12.1. The number of H-pyrrole nitrogens is 1. The molecule has 4 nitrogen and oxygen atoms in total. The Bertz CT molecular complexity index is 489. The molecular formula is C12H15ClN4. The van der Waals surface area contributed by atoms with Gasteiger partial charge in [-0.25, -0.2) is 4.98 Å². The Balaban J connectivity index is 2.24. The lowest BCUT2D eigenvalue weighted by atomic mass is 10.1. The fourth-order valence-electron chi connectivity index (χ4n) is 1.51. The highest BCUT2D eigenvalue weighted by molar-refractivity contribution is 6.30. The lowest BCUT2D eigenvalue weighted by Gasteiger charge is -2.08. The molecule has 5 heteroatoms. The normalized spacial score (nSPS) is 13.0. The fourth-order valence-corrected chi connectivity index (χ4v) is 1.64. The van der Waals surface area contributed by atoms with E-state index in [-0.39, 0.29) is 12.0 Å². The van der Waals surface area contributed by atoms with Gasteiger partial charge in [0.25, 0.3) is 0 Å². The van der Waals surface area contributed by atoms with E-state index in [1.165, 1.54) is 0 Å². The summed E-state index contributed by atoms with van der Waals surface area (Å²) < 4.78 is 0. The Hall–Kier alpha value is -1.39. The average molecular weight is 251 g/mol. The predicted molar refractivity (Wildman–Crippen MR) is 68.0 cm³/mol. The first-order chi connectivity index (χ1) is 8.08. The molecule has 0 fully saturated rings. The maximum Gasteiger partial charge on any atom is 0.153 e. The van der Waals surface area contributed by atoms with Gasteiger partial charge in [0, 0.05) is 10.9 Å². The summed E-state index contributed by atoms with van der Waals surface area (Å²) >= 11 is 5.83. The van der Waals surface area contributed by atoms with Crippen LogP contribution < -0.4 is 5.73 Å². The molecule has 3 N–H and O–H groups in total. The molecule has 0 aliphatic rings. The zero-order valence-corrected chi connectivity index (χ0v) is 10.6. The van der Waals surface area contributed by atoms with E-state index in [0.717, 1.165) is 11.4 Å². The number of halogens is 1. The van der Waals surface area contributed by atoms with Gasteiger partial charge in [-0.3, -0.25) is 5.10 Å². The van der Waals surface area contributed by atoms with E-state index >= 15 is 0 Å². The minimum Gasteiger partial charge on any atom is -0.318 e. The molecule has 1 aromatic heterocycles. The standard InChI is InChI=1S/C12H15ClN4/c1-7(2)11-15-12(17-16-11)10(14)8-3-5-9(13)6-4-8/h3-7,10H,14H2,1-2H3,(H,15,16,17). The summed E-state index contributed by atoms with van der Waals surface area (Å²) in [5.41, 5.74) is 7.06. The molecule has 2 aromatic rings. The van der Waals surface area contributed by atoms with E-state index in [4.69, 9.17) is 17.3 Å². The van der Waals surface area contributed by atoms with E-state index in [1.807, 2.05) is 38.1 Å². The van der Waals surface area contributed by atoms with Crippen LogP contribution in [0.25, 0.3) is 0 Å². The SMILES string of the molecule is CC(C)c1n[nH]c(C(N)c2ccc(Cl)cc2)n1. The molecule has 1 atom stereocenters. The quantitative estimate of drug-likeness (QED) is 0.880. The molecule has 1 aromatic carbocycles. The van der Waals surface area contributed by atoms with Gasteiger partial charge in [0.15, 0.2) is 5.82 Å². The molecule has 0 aliphatic carbocycles. The summed E-state index contributed by atoms with van der Waals surface area (Å²) in [7, 11) is 0. The van der Waals surface area contributed by atoms with Crippen LogP contribution in [-0.2, 0) is 0 Å². The summed E-state index contributed by atoms with van der Waals surface area (Å²) in [4.78, 5) is 4.38. The highest BCUT2D eigenvalue weighted by Crippen LogP contribution is 2.19. The molecule has 2 rings (SSSR count). The second-order valence-electron chi connectivity index (χ2n) is 4.26. The molecule has 17 heavy (non-hydrogen) atoms. The molecule has 0 bridgehead atoms. The van der Waals surface area contributed by atoms with Gasteiger partial charge in [-0.05, 0) is 17.7 Å². The van der Waals surface area contributed by atoms with E-state index in [0.29, 0.717) is 10.8 Å². The third-order valence-corrected chi connectivity index (χ3v) is 2.81. The third-order valence-electron chi connectivity index (χ3n) is 2.56. The molecule has 0 aliphatic heterocycles. The van der Waals surface area contributed by atoms with Crippen molar-refractivity contribution in [3.8, 4) is 0 Å². The van der Waals surface area contributed by atoms with Gasteiger partial charge in [0.1, 0.15) is 5.82 Å². The number of hydrogen-bond acceptors (Lipinski definition) is 3. The van der Waals surface area contributed by atoms with Crippen molar-refractivity contribution in [3.63, 3.8) is 0 Å². The Kier molecular flexibility index (Phi) is 3.45. The van der Waals surface area contributed by atoms with E-state index in [9.17, 15) is 0 Å². The van der Waals surface area contributed by atoms with Crippen LogP contribution >= 0.6 is 11.6 Å². The maximum absolute atomic E-state index is 6.10. The van der Waals surface area contributed by atoms with Crippen LogP contribution in [0.3, 0.4) is 0 Å². The molecule has 1 unspecified atom stereocenters. The summed E-state index contributed by atoms with van der Waals surface area (Å²) in [5.74, 6) is 1.75. The predicted octanol–water partition coefficient (Wildman–Crippen LogP) is 2.63. The van der Waals surface area contributed by atoms with Gasteiger partial charge in [-0.15, -0.1) is 0 Å². The minimum atomic E-state index is -0.299. The second-order valence-corrected chi connectivity index (χ2v) is 4.70. The van der Waals surface area contributed by atoms with Crippen LogP contribution in [0.4, 0.5) is 0 Å². The largest absolute Gasteiger partial charge is 0.318 e. The average Bonchev–Trinajstić information content (AvgIpc) is 2.78. The Morgan fingerprint density at radius 3 is 2.41 bits per heavy atom. The summed E-state index contributed by atoms with van der Waals surface area (Å²) in [6.45, 7) is 4.08. The summed E-state index contributed by atoms with van der Waals surface area (Å²) in [5, 5.41) is 7.71. The minimum absolute atomic E-state index is 0.289. The molecule has 0 saturated carbocycles. The van der Waals surface area contributed by atoms with Crippen LogP contribution in [0.1, 0.15) is 43.0 Å². The van der Waals surface area contributed by atoms with Gasteiger partial charge >= 0.3 is 0 Å². The number of benzene rings is 1. The number of rotatable bonds is 3. The summed E-state index contributed by atoms with van der Waals surface area (Å²) in [6, 6.07) is 7.12. The molecule has 0 amide bonds. The Labute approximate surface area is 105 Å². The van der Waals surface area contributed by atoms with Crippen LogP contribution in [0.15, 0.2) is 24.3 Å². The van der Waals surface area contributed by atoms with Crippen molar-refractivity contribution in [2.75, 3.05) is 0 Å². The number of nitrogens with one attached hydrogen (secondary N) is 1. The van der Waals surface area contributed by atoms with Crippen LogP contribution in [0.2, 0.25) is 5.02 Å². The van der Waals surface area contributed by atoms with Gasteiger partial charge in [-0.2, -0.15) is 5.10 Å². The van der Waals surface area contributed by atoms with Crippen LogP contribution in [0.5, 0.6) is 0 Å². The number of hydrogen-bond donors (Lipinski definition) is 2. The molecule has 0 saturated heterocycles. The fraction of sp³-hybridized carbons (Fsp3) is 0.333. The number of aromatic nitrogens is 3. The lowest BCUT2D eigenvalue weighted by molar-refractivity contribution is 0.773. The first-order valence-electron chi connectivity index (χ1n) is 5.51. The molecular weight excluding hydrogens is 236 g/mol. The number of aromatic amines is 1. The monoisotopic (exact) mass is 250 g/mol. The maximum atomic E-state index is 6.10. The molecule has 90 valence electrons. The van der Waals surface area contributed by atoms with Crippen molar-refractivity contribution in [3.05, 3.63) is 46.5 Å². The van der Waals surface area contributed by atoms with E-state index < -0.39 is 0 Å². The number of nitrogens with two attached hydrogens (primary N) is 1. The second kappa shape index (κ2) is 4.85. The van der Waals surface area contributed by atoms with Gasteiger partial charge < -0.3 is 5.73 Å². The van der Waals surface area contributed by atoms with Crippen molar-refractivity contribution in [2.45, 2.75) is 25.8 Å². The van der Waals surface area contributed by atoms with Crippen molar-refractivity contribution >= 4 is 11.6 Å². The summed E-state index contributed by atoms with van der Waals surface area (Å²) in [6.07, 6.45) is 0. The van der Waals surface area contributed by atoms with Crippen molar-refractivity contribution in [1.29, 1.82) is 0 Å².